The monoisotopic (exact) mass is 345 g/mol. The van der Waals surface area contributed by atoms with Gasteiger partial charge >= 0.3 is 0 Å². The van der Waals surface area contributed by atoms with Gasteiger partial charge in [-0.25, -0.2) is 4.98 Å². The van der Waals surface area contributed by atoms with Crippen LogP contribution in [-0.4, -0.2) is 23.9 Å². The van der Waals surface area contributed by atoms with E-state index in [-0.39, 0.29) is 17.7 Å². The third-order valence-electron chi connectivity index (χ3n) is 3.80. The van der Waals surface area contributed by atoms with Crippen LogP contribution in [0.2, 0.25) is 0 Å². The van der Waals surface area contributed by atoms with Gasteiger partial charge in [0.2, 0.25) is 11.8 Å². The van der Waals surface area contributed by atoms with E-state index in [0.29, 0.717) is 22.3 Å². The summed E-state index contributed by atoms with van der Waals surface area (Å²) in [5, 5.41) is 6.47. The normalized spacial score (nSPS) is 13.4. The van der Waals surface area contributed by atoms with Gasteiger partial charge in [-0.2, -0.15) is 0 Å². The van der Waals surface area contributed by atoms with Gasteiger partial charge < -0.3 is 15.4 Å². The number of aryl methyl sites for hydroxylation is 1. The number of aromatic nitrogens is 1. The Morgan fingerprint density at radius 3 is 2.92 bits per heavy atom. The van der Waals surface area contributed by atoms with Crippen LogP contribution < -0.4 is 15.4 Å². The summed E-state index contributed by atoms with van der Waals surface area (Å²) in [6.45, 7) is 2.19. The van der Waals surface area contributed by atoms with Gasteiger partial charge in [-0.1, -0.05) is 6.07 Å². The fourth-order valence-corrected chi connectivity index (χ4v) is 3.33. The summed E-state index contributed by atoms with van der Waals surface area (Å²) >= 11 is 1.30. The lowest BCUT2D eigenvalue weighted by Gasteiger charge is -2.08. The van der Waals surface area contributed by atoms with Crippen molar-refractivity contribution >= 4 is 28.2 Å². The van der Waals surface area contributed by atoms with Crippen molar-refractivity contribution in [2.75, 3.05) is 12.4 Å². The Kier molecular flexibility index (Phi) is 4.80. The maximum Gasteiger partial charge on any atom is 0.261 e. The highest BCUT2D eigenvalue weighted by Gasteiger charge is 2.30. The first kappa shape index (κ1) is 16.4. The molecule has 7 heteroatoms. The fraction of sp³-hybridized carbons (Fsp3) is 0.353. The first-order valence-corrected chi connectivity index (χ1v) is 8.57. The number of methoxy groups -OCH3 is 1. The molecule has 1 fully saturated rings. The molecule has 0 radical (unpaired) electrons. The summed E-state index contributed by atoms with van der Waals surface area (Å²) in [6, 6.07) is 5.49. The van der Waals surface area contributed by atoms with Crippen LogP contribution in [0.5, 0.6) is 5.88 Å². The Morgan fingerprint density at radius 1 is 1.42 bits per heavy atom. The highest BCUT2D eigenvalue weighted by molar-refractivity contribution is 7.18. The summed E-state index contributed by atoms with van der Waals surface area (Å²) in [5.41, 5.74) is 1.66. The molecule has 126 valence electrons. The van der Waals surface area contributed by atoms with E-state index in [1.807, 2.05) is 19.1 Å². The molecule has 3 rings (SSSR count). The molecular formula is C17H19N3O3S. The molecule has 0 saturated heterocycles. The summed E-state index contributed by atoms with van der Waals surface area (Å²) in [5.74, 6) is 0.513. The molecule has 24 heavy (non-hydrogen) atoms. The number of rotatable bonds is 6. The lowest BCUT2D eigenvalue weighted by molar-refractivity contribution is -0.117. The molecule has 2 aromatic heterocycles. The molecule has 1 aliphatic carbocycles. The average molecular weight is 345 g/mol. The second-order valence-corrected chi connectivity index (χ2v) is 6.79. The summed E-state index contributed by atoms with van der Waals surface area (Å²) in [4.78, 5) is 28.9. The lowest BCUT2D eigenvalue weighted by Crippen LogP contribution is -2.22. The third kappa shape index (κ3) is 3.73. The van der Waals surface area contributed by atoms with Gasteiger partial charge in [0.1, 0.15) is 0 Å². The molecule has 2 amide bonds. The van der Waals surface area contributed by atoms with Crippen LogP contribution in [0.25, 0.3) is 0 Å². The van der Waals surface area contributed by atoms with E-state index in [1.165, 1.54) is 11.3 Å². The van der Waals surface area contributed by atoms with E-state index >= 15 is 0 Å². The van der Waals surface area contributed by atoms with E-state index < -0.39 is 0 Å². The fourth-order valence-electron chi connectivity index (χ4n) is 2.34. The zero-order valence-electron chi connectivity index (χ0n) is 13.6. The van der Waals surface area contributed by atoms with Gasteiger partial charge in [-0.05, 0) is 37.5 Å². The Bertz CT molecular complexity index is 768. The Balaban J connectivity index is 1.64. The van der Waals surface area contributed by atoms with Crippen molar-refractivity contribution in [1.29, 1.82) is 0 Å². The minimum atomic E-state index is -0.171. The number of nitrogens with one attached hydrogen (secondary N) is 2. The van der Waals surface area contributed by atoms with Gasteiger partial charge in [0, 0.05) is 24.2 Å². The number of pyridine rings is 1. The number of nitrogens with zero attached hydrogens (tertiary/aromatic N) is 1. The molecule has 0 aromatic carbocycles. The zero-order chi connectivity index (χ0) is 17.1. The molecule has 0 spiro atoms. The van der Waals surface area contributed by atoms with Crippen LogP contribution in [0, 0.1) is 12.8 Å². The van der Waals surface area contributed by atoms with E-state index in [4.69, 9.17) is 4.74 Å². The largest absolute Gasteiger partial charge is 0.481 e. The lowest BCUT2D eigenvalue weighted by atomic mass is 10.2. The number of carbonyl (C=O) groups is 2. The van der Waals surface area contributed by atoms with Crippen molar-refractivity contribution in [2.45, 2.75) is 26.3 Å². The molecular weight excluding hydrogens is 326 g/mol. The van der Waals surface area contributed by atoms with Crippen LogP contribution in [-0.2, 0) is 11.3 Å². The predicted molar refractivity (Wildman–Crippen MR) is 92.4 cm³/mol. The van der Waals surface area contributed by atoms with E-state index in [1.54, 1.807) is 19.4 Å². The second kappa shape index (κ2) is 7.00. The van der Waals surface area contributed by atoms with Crippen LogP contribution in [0.3, 0.4) is 0 Å². The average Bonchev–Trinajstić information content (AvgIpc) is 3.37. The topological polar surface area (TPSA) is 80.3 Å². The van der Waals surface area contributed by atoms with Gasteiger partial charge in [-0.15, -0.1) is 11.3 Å². The Morgan fingerprint density at radius 2 is 2.21 bits per heavy atom. The van der Waals surface area contributed by atoms with Crippen LogP contribution in [0.1, 0.15) is 33.6 Å². The molecule has 6 nitrogen and oxygen atoms in total. The smallest absolute Gasteiger partial charge is 0.261 e. The molecule has 0 aliphatic heterocycles. The molecule has 1 aliphatic rings. The van der Waals surface area contributed by atoms with Crippen molar-refractivity contribution < 1.29 is 14.3 Å². The quantitative estimate of drug-likeness (QED) is 0.843. The predicted octanol–water partition coefficient (Wildman–Crippen LogP) is 2.74. The number of amides is 2. The summed E-state index contributed by atoms with van der Waals surface area (Å²) in [7, 11) is 1.55. The maximum absolute atomic E-state index is 12.4. The SMILES string of the molecule is COc1ncccc1CNC(=O)c1sc(NC(=O)C2CC2)cc1C. The van der Waals surface area contributed by atoms with Crippen LogP contribution in [0.15, 0.2) is 24.4 Å². The highest BCUT2D eigenvalue weighted by atomic mass is 32.1. The number of thiophene rings is 1. The molecule has 2 aromatic rings. The first-order chi connectivity index (χ1) is 11.6. The summed E-state index contributed by atoms with van der Waals surface area (Å²) < 4.78 is 5.18. The second-order valence-electron chi connectivity index (χ2n) is 5.74. The number of hydrogen-bond donors (Lipinski definition) is 2. The maximum atomic E-state index is 12.4. The van der Waals surface area contributed by atoms with Crippen molar-refractivity contribution in [3.8, 4) is 5.88 Å². The minimum absolute atomic E-state index is 0.0447. The van der Waals surface area contributed by atoms with Crippen LogP contribution >= 0.6 is 11.3 Å². The molecule has 0 atom stereocenters. The molecule has 0 unspecified atom stereocenters. The standard InChI is InChI=1S/C17H19N3O3S/c1-10-8-13(20-15(21)11-5-6-11)24-14(10)16(22)19-9-12-4-3-7-18-17(12)23-2/h3-4,7-8,11H,5-6,9H2,1-2H3,(H,19,22)(H,20,21). The first-order valence-electron chi connectivity index (χ1n) is 7.76. The Hall–Kier alpha value is -2.41. The number of carbonyl (C=O) groups excluding carboxylic acids is 2. The number of ether oxygens (including phenoxy) is 1. The third-order valence-corrected chi connectivity index (χ3v) is 4.95. The zero-order valence-corrected chi connectivity index (χ0v) is 14.4. The van der Waals surface area contributed by atoms with Crippen molar-refractivity contribution in [3.05, 3.63) is 40.4 Å². The van der Waals surface area contributed by atoms with E-state index in [2.05, 4.69) is 15.6 Å². The summed E-state index contributed by atoms with van der Waals surface area (Å²) in [6.07, 6.45) is 3.55. The van der Waals surface area contributed by atoms with Gasteiger partial charge in [0.25, 0.3) is 5.91 Å². The molecule has 2 heterocycles. The highest BCUT2D eigenvalue weighted by Crippen LogP contribution is 2.32. The van der Waals surface area contributed by atoms with E-state index in [0.717, 1.165) is 24.0 Å². The van der Waals surface area contributed by atoms with Crippen molar-refractivity contribution in [3.63, 3.8) is 0 Å². The van der Waals surface area contributed by atoms with Crippen molar-refractivity contribution in [2.24, 2.45) is 5.92 Å². The van der Waals surface area contributed by atoms with Gasteiger partial charge in [0.15, 0.2) is 0 Å². The number of anilines is 1. The molecule has 2 N–H and O–H groups in total. The molecule has 1 saturated carbocycles. The van der Waals surface area contributed by atoms with Gasteiger partial charge in [0.05, 0.1) is 17.0 Å². The van der Waals surface area contributed by atoms with E-state index in [9.17, 15) is 9.59 Å². The van der Waals surface area contributed by atoms with Crippen molar-refractivity contribution in [1.82, 2.24) is 10.3 Å². The van der Waals surface area contributed by atoms with Gasteiger partial charge in [-0.3, -0.25) is 9.59 Å². The molecule has 0 bridgehead atoms. The number of hydrogen-bond acceptors (Lipinski definition) is 5. The van der Waals surface area contributed by atoms with Crippen LogP contribution in [0.4, 0.5) is 5.00 Å². The minimum Gasteiger partial charge on any atom is -0.481 e. The Labute approximate surface area is 144 Å².